The Balaban J connectivity index is 2.02. The molecule has 3 heteroatoms. The largest absolute Gasteiger partial charge is 0.371 e. The van der Waals surface area contributed by atoms with E-state index in [1.807, 2.05) is 7.05 Å². The van der Waals surface area contributed by atoms with Gasteiger partial charge in [0.25, 0.3) is 0 Å². The molecule has 0 atom stereocenters. The molecule has 1 saturated heterocycles. The van der Waals surface area contributed by atoms with Crippen LogP contribution in [0.4, 0.5) is 5.69 Å². The number of nitrogens with zero attached hydrogens (tertiary/aromatic N) is 1. The van der Waals surface area contributed by atoms with Gasteiger partial charge < -0.3 is 10.2 Å². The smallest absolute Gasteiger partial charge is 0.0377 e. The van der Waals surface area contributed by atoms with Crippen LogP contribution in [0, 0.1) is 11.3 Å². The monoisotopic (exact) mass is 338 g/mol. The van der Waals surface area contributed by atoms with E-state index < -0.39 is 0 Å². The molecule has 0 aromatic heterocycles. The minimum absolute atomic E-state index is 0.448. The van der Waals surface area contributed by atoms with Crippen molar-refractivity contribution in [3.63, 3.8) is 0 Å². The Morgan fingerprint density at radius 3 is 2.40 bits per heavy atom. The average Bonchev–Trinajstić information content (AvgIpc) is 2.40. The molecule has 2 nitrogen and oxygen atoms in total. The number of benzene rings is 1. The molecule has 0 aliphatic carbocycles. The van der Waals surface area contributed by atoms with Crippen LogP contribution in [-0.2, 0) is 6.54 Å². The van der Waals surface area contributed by atoms with Crippen molar-refractivity contribution >= 4 is 21.6 Å². The maximum atomic E-state index is 3.69. The van der Waals surface area contributed by atoms with E-state index in [4.69, 9.17) is 0 Å². The van der Waals surface area contributed by atoms with Gasteiger partial charge in [0.1, 0.15) is 0 Å². The Kier molecular flexibility index (Phi) is 5.14. The summed E-state index contributed by atoms with van der Waals surface area (Å²) in [6, 6.07) is 6.75. The van der Waals surface area contributed by atoms with Gasteiger partial charge in [0.15, 0.2) is 0 Å². The number of hydrogen-bond acceptors (Lipinski definition) is 2. The van der Waals surface area contributed by atoms with Gasteiger partial charge >= 0.3 is 0 Å². The van der Waals surface area contributed by atoms with Crippen molar-refractivity contribution in [3.05, 3.63) is 28.2 Å². The number of anilines is 1. The predicted octanol–water partition coefficient (Wildman–Crippen LogP) is 4.43. The summed E-state index contributed by atoms with van der Waals surface area (Å²) in [6.45, 7) is 10.4. The Hall–Kier alpha value is -0.540. The van der Waals surface area contributed by atoms with Crippen LogP contribution in [-0.4, -0.2) is 20.1 Å². The van der Waals surface area contributed by atoms with E-state index in [0.717, 1.165) is 12.5 Å². The van der Waals surface area contributed by atoms with Crippen LogP contribution in [0.2, 0.25) is 0 Å². The first kappa shape index (κ1) is 15.8. The molecule has 1 fully saturated rings. The molecule has 0 bridgehead atoms. The summed E-state index contributed by atoms with van der Waals surface area (Å²) in [5, 5.41) is 3.20. The third-order valence-electron chi connectivity index (χ3n) is 4.49. The highest BCUT2D eigenvalue weighted by atomic mass is 79.9. The van der Waals surface area contributed by atoms with Gasteiger partial charge in [0, 0.05) is 29.8 Å². The fourth-order valence-electron chi connectivity index (χ4n) is 3.07. The van der Waals surface area contributed by atoms with Crippen molar-refractivity contribution in [1.29, 1.82) is 0 Å². The first-order valence-corrected chi connectivity index (χ1v) is 8.39. The van der Waals surface area contributed by atoms with Gasteiger partial charge in [-0.3, -0.25) is 0 Å². The zero-order chi connectivity index (χ0) is 14.8. The molecular formula is C17H27BrN2. The number of nitrogens with one attached hydrogen (secondary N) is 1. The third kappa shape index (κ3) is 3.76. The highest BCUT2D eigenvalue weighted by Gasteiger charge is 2.28. The summed E-state index contributed by atoms with van der Waals surface area (Å²) in [4.78, 5) is 2.52. The van der Waals surface area contributed by atoms with Gasteiger partial charge in [0.2, 0.25) is 0 Å². The second-order valence-corrected chi connectivity index (χ2v) is 7.79. The average molecular weight is 339 g/mol. The van der Waals surface area contributed by atoms with Gasteiger partial charge in [0.05, 0.1) is 0 Å². The molecule has 0 spiro atoms. The SMILES string of the molecule is CNCc1ccc(N2CCC(C(C)(C)C)CC2)cc1Br. The molecule has 112 valence electrons. The quantitative estimate of drug-likeness (QED) is 0.876. The van der Waals surface area contributed by atoms with Crippen LogP contribution < -0.4 is 10.2 Å². The van der Waals surface area contributed by atoms with Crippen molar-refractivity contribution in [2.45, 2.75) is 40.2 Å². The lowest BCUT2D eigenvalue weighted by atomic mass is 9.75. The summed E-state index contributed by atoms with van der Waals surface area (Å²) in [6.07, 6.45) is 2.61. The van der Waals surface area contributed by atoms with E-state index in [0.29, 0.717) is 5.41 Å². The van der Waals surface area contributed by atoms with Gasteiger partial charge in [-0.1, -0.05) is 42.8 Å². The zero-order valence-electron chi connectivity index (χ0n) is 13.2. The second kappa shape index (κ2) is 6.48. The van der Waals surface area contributed by atoms with E-state index in [1.165, 1.54) is 41.7 Å². The van der Waals surface area contributed by atoms with Crippen molar-refractivity contribution in [2.24, 2.45) is 11.3 Å². The molecule has 1 aromatic carbocycles. The van der Waals surface area contributed by atoms with Crippen LogP contribution in [0.3, 0.4) is 0 Å². The van der Waals surface area contributed by atoms with E-state index in [1.54, 1.807) is 0 Å². The number of halogens is 1. The van der Waals surface area contributed by atoms with E-state index >= 15 is 0 Å². The summed E-state index contributed by atoms with van der Waals surface area (Å²) in [5.74, 6) is 0.853. The zero-order valence-corrected chi connectivity index (χ0v) is 14.8. The molecule has 0 saturated carbocycles. The molecule has 20 heavy (non-hydrogen) atoms. The van der Waals surface area contributed by atoms with E-state index in [-0.39, 0.29) is 0 Å². The lowest BCUT2D eigenvalue weighted by Crippen LogP contribution is -2.38. The summed E-state index contributed by atoms with van der Waals surface area (Å²) in [5.41, 5.74) is 3.12. The minimum Gasteiger partial charge on any atom is -0.371 e. The number of piperidine rings is 1. The molecule has 0 unspecified atom stereocenters. The van der Waals surface area contributed by atoms with Gasteiger partial charge in [-0.2, -0.15) is 0 Å². The normalized spacial score (nSPS) is 17.6. The molecule has 0 amide bonds. The Labute approximate surface area is 132 Å². The summed E-state index contributed by atoms with van der Waals surface area (Å²) >= 11 is 3.69. The standard InChI is InChI=1S/C17H27BrN2/c1-17(2,3)14-7-9-20(10-8-14)15-6-5-13(12-19-4)16(18)11-15/h5-6,11,14,19H,7-10,12H2,1-4H3. The van der Waals surface area contributed by atoms with E-state index in [2.05, 4.69) is 65.1 Å². The Morgan fingerprint density at radius 2 is 1.90 bits per heavy atom. The molecule has 1 aliphatic rings. The molecule has 1 N–H and O–H groups in total. The number of hydrogen-bond donors (Lipinski definition) is 1. The molecule has 1 aromatic rings. The summed E-state index contributed by atoms with van der Waals surface area (Å²) in [7, 11) is 1.98. The predicted molar refractivity (Wildman–Crippen MR) is 91.3 cm³/mol. The molecule has 2 rings (SSSR count). The van der Waals surface area contributed by atoms with Crippen LogP contribution in [0.5, 0.6) is 0 Å². The molecule has 0 radical (unpaired) electrons. The lowest BCUT2D eigenvalue weighted by molar-refractivity contribution is 0.199. The van der Waals surface area contributed by atoms with Gasteiger partial charge in [-0.25, -0.2) is 0 Å². The third-order valence-corrected chi connectivity index (χ3v) is 5.23. The fourth-order valence-corrected chi connectivity index (χ4v) is 3.58. The highest BCUT2D eigenvalue weighted by Crippen LogP contribution is 2.36. The minimum atomic E-state index is 0.448. The fraction of sp³-hybridized carbons (Fsp3) is 0.647. The van der Waals surface area contributed by atoms with Crippen molar-refractivity contribution in [3.8, 4) is 0 Å². The maximum absolute atomic E-state index is 3.69. The van der Waals surface area contributed by atoms with Gasteiger partial charge in [-0.05, 0) is 48.9 Å². The maximum Gasteiger partial charge on any atom is 0.0377 e. The molecule has 1 heterocycles. The summed E-state index contributed by atoms with van der Waals surface area (Å²) < 4.78 is 1.21. The van der Waals surface area contributed by atoms with Crippen LogP contribution in [0.15, 0.2) is 22.7 Å². The number of rotatable bonds is 3. The second-order valence-electron chi connectivity index (χ2n) is 6.93. The van der Waals surface area contributed by atoms with Crippen molar-refractivity contribution in [2.75, 3.05) is 25.0 Å². The van der Waals surface area contributed by atoms with Crippen LogP contribution in [0.1, 0.15) is 39.2 Å². The Morgan fingerprint density at radius 1 is 1.25 bits per heavy atom. The lowest BCUT2D eigenvalue weighted by Gasteiger charge is -2.39. The van der Waals surface area contributed by atoms with Gasteiger partial charge in [-0.15, -0.1) is 0 Å². The molecular weight excluding hydrogens is 312 g/mol. The first-order valence-electron chi connectivity index (χ1n) is 7.60. The Bertz CT molecular complexity index is 443. The topological polar surface area (TPSA) is 15.3 Å². The van der Waals surface area contributed by atoms with Crippen LogP contribution >= 0.6 is 15.9 Å². The molecule has 1 aliphatic heterocycles. The van der Waals surface area contributed by atoms with Crippen LogP contribution in [0.25, 0.3) is 0 Å². The van der Waals surface area contributed by atoms with Crippen molar-refractivity contribution in [1.82, 2.24) is 5.32 Å². The highest BCUT2D eigenvalue weighted by molar-refractivity contribution is 9.10. The van der Waals surface area contributed by atoms with Crippen molar-refractivity contribution < 1.29 is 0 Å². The van der Waals surface area contributed by atoms with E-state index in [9.17, 15) is 0 Å². The first-order chi connectivity index (χ1) is 9.41.